The van der Waals surface area contributed by atoms with Gasteiger partial charge in [-0.25, -0.2) is 4.79 Å². The summed E-state index contributed by atoms with van der Waals surface area (Å²) in [7, 11) is 2.86. The predicted molar refractivity (Wildman–Crippen MR) is 109 cm³/mol. The van der Waals surface area contributed by atoms with E-state index in [-0.39, 0.29) is 17.3 Å². The van der Waals surface area contributed by atoms with Crippen LogP contribution in [0.4, 0.5) is 5.69 Å². The first-order valence-corrected chi connectivity index (χ1v) is 9.16. The molecule has 29 heavy (non-hydrogen) atoms. The molecule has 1 N–H and O–H groups in total. The van der Waals surface area contributed by atoms with E-state index in [1.165, 1.54) is 18.0 Å². The van der Waals surface area contributed by atoms with Gasteiger partial charge in [0.15, 0.2) is 5.69 Å². The van der Waals surface area contributed by atoms with Gasteiger partial charge in [-0.1, -0.05) is 29.8 Å². The van der Waals surface area contributed by atoms with Crippen LogP contribution in [-0.4, -0.2) is 28.8 Å². The normalized spacial score (nSPS) is 10.5. The number of hydrogen-bond donors (Lipinski definition) is 1. The van der Waals surface area contributed by atoms with E-state index in [0.29, 0.717) is 22.9 Å². The summed E-state index contributed by atoms with van der Waals surface area (Å²) in [4.78, 5) is 24.4. The van der Waals surface area contributed by atoms with Crippen molar-refractivity contribution in [2.75, 3.05) is 12.4 Å². The van der Waals surface area contributed by atoms with E-state index in [9.17, 15) is 9.59 Å². The third-order valence-electron chi connectivity index (χ3n) is 4.26. The first-order chi connectivity index (χ1) is 13.9. The predicted octanol–water partition coefficient (Wildman–Crippen LogP) is 4.00. The molecule has 8 heteroatoms. The number of amides is 1. The summed E-state index contributed by atoms with van der Waals surface area (Å²) >= 11 is 6.14. The molecule has 0 saturated heterocycles. The highest BCUT2D eigenvalue weighted by atomic mass is 35.5. The number of aryl methyl sites for hydroxylation is 2. The van der Waals surface area contributed by atoms with E-state index in [4.69, 9.17) is 21.1 Å². The van der Waals surface area contributed by atoms with Crippen LogP contribution in [-0.2, 0) is 18.4 Å². The number of methoxy groups -OCH3 is 1. The second kappa shape index (κ2) is 8.79. The summed E-state index contributed by atoms with van der Waals surface area (Å²) in [5, 5.41) is 7.21. The molecule has 1 aromatic heterocycles. The molecule has 3 aromatic rings. The van der Waals surface area contributed by atoms with Gasteiger partial charge >= 0.3 is 5.97 Å². The quantitative estimate of drug-likeness (QED) is 0.617. The van der Waals surface area contributed by atoms with Gasteiger partial charge in [0.2, 0.25) is 0 Å². The lowest BCUT2D eigenvalue weighted by Crippen LogP contribution is -2.16. The van der Waals surface area contributed by atoms with E-state index in [1.807, 2.05) is 19.1 Å². The molecular formula is C21H20ClN3O4. The van der Waals surface area contributed by atoms with Crippen molar-refractivity contribution in [1.29, 1.82) is 0 Å². The second-order valence-electron chi connectivity index (χ2n) is 6.40. The summed E-state index contributed by atoms with van der Waals surface area (Å²) in [5.41, 5.74) is 2.82. The number of hydrogen-bond acceptors (Lipinski definition) is 5. The fourth-order valence-corrected chi connectivity index (χ4v) is 2.87. The van der Waals surface area contributed by atoms with E-state index >= 15 is 0 Å². The van der Waals surface area contributed by atoms with Gasteiger partial charge in [0.1, 0.15) is 12.4 Å². The van der Waals surface area contributed by atoms with Crippen LogP contribution in [0.15, 0.2) is 48.7 Å². The number of anilines is 1. The Bertz CT molecular complexity index is 1040. The average molecular weight is 414 g/mol. The fraction of sp³-hybridized carbons (Fsp3) is 0.190. The van der Waals surface area contributed by atoms with Crippen LogP contribution >= 0.6 is 11.6 Å². The lowest BCUT2D eigenvalue weighted by Gasteiger charge is -2.10. The number of carbonyl (C=O) groups excluding carboxylic acids is 2. The van der Waals surface area contributed by atoms with E-state index in [0.717, 1.165) is 11.1 Å². The highest BCUT2D eigenvalue weighted by Crippen LogP contribution is 2.26. The SMILES string of the molecule is COC(=O)c1c(NC(=O)c2ccc(COc3cc(C)ccc3Cl)cc2)cnn1C. The summed E-state index contributed by atoms with van der Waals surface area (Å²) in [5.74, 6) is -0.333. The highest BCUT2D eigenvalue weighted by molar-refractivity contribution is 6.32. The molecule has 0 atom stereocenters. The number of ether oxygens (including phenoxy) is 2. The Hall–Kier alpha value is -3.32. The van der Waals surface area contributed by atoms with Gasteiger partial charge in [0.05, 0.1) is 24.0 Å². The maximum atomic E-state index is 12.5. The van der Waals surface area contributed by atoms with Crippen LogP contribution in [0, 0.1) is 6.92 Å². The molecule has 0 saturated carbocycles. The van der Waals surface area contributed by atoms with Gasteiger partial charge in [-0.05, 0) is 42.3 Å². The maximum Gasteiger partial charge on any atom is 0.358 e. The van der Waals surface area contributed by atoms with Crippen molar-refractivity contribution in [3.63, 3.8) is 0 Å². The first kappa shape index (κ1) is 20.4. The Morgan fingerprint density at radius 3 is 2.59 bits per heavy atom. The van der Waals surface area contributed by atoms with Gasteiger partial charge in [-0.3, -0.25) is 9.48 Å². The minimum absolute atomic E-state index is 0.168. The molecule has 2 aromatic carbocycles. The zero-order valence-corrected chi connectivity index (χ0v) is 17.0. The van der Waals surface area contributed by atoms with Gasteiger partial charge in [-0.15, -0.1) is 0 Å². The van der Waals surface area contributed by atoms with E-state index < -0.39 is 5.97 Å². The molecule has 0 aliphatic carbocycles. The summed E-state index contributed by atoms with van der Waals surface area (Å²) in [6, 6.07) is 12.5. The summed E-state index contributed by atoms with van der Waals surface area (Å²) in [6.45, 7) is 2.28. The van der Waals surface area contributed by atoms with Crippen molar-refractivity contribution in [3.8, 4) is 5.75 Å². The Balaban J connectivity index is 1.66. The smallest absolute Gasteiger partial charge is 0.358 e. The molecule has 1 heterocycles. The molecular weight excluding hydrogens is 394 g/mol. The first-order valence-electron chi connectivity index (χ1n) is 8.78. The number of rotatable bonds is 6. The highest BCUT2D eigenvalue weighted by Gasteiger charge is 2.19. The van der Waals surface area contributed by atoms with Crippen molar-refractivity contribution in [3.05, 3.63) is 76.1 Å². The van der Waals surface area contributed by atoms with Gasteiger partial charge < -0.3 is 14.8 Å². The molecule has 0 bridgehead atoms. The maximum absolute atomic E-state index is 12.5. The molecule has 1 amide bonds. The molecule has 7 nitrogen and oxygen atoms in total. The van der Waals surface area contributed by atoms with Gasteiger partial charge in [0, 0.05) is 12.6 Å². The summed E-state index contributed by atoms with van der Waals surface area (Å²) < 4.78 is 11.8. The molecule has 0 unspecified atom stereocenters. The van der Waals surface area contributed by atoms with Crippen LogP contribution in [0.2, 0.25) is 5.02 Å². The van der Waals surface area contributed by atoms with E-state index in [1.54, 1.807) is 37.4 Å². The largest absolute Gasteiger partial charge is 0.487 e. The summed E-state index contributed by atoms with van der Waals surface area (Å²) in [6.07, 6.45) is 1.40. The standard InChI is InChI=1S/C21H20ClN3O4/c1-13-4-9-16(22)18(10-13)29-12-14-5-7-15(8-6-14)20(26)24-17-11-23-25(2)19(17)21(27)28-3/h4-11H,12H2,1-3H3,(H,24,26). The number of esters is 1. The number of nitrogens with one attached hydrogen (secondary N) is 1. The fourth-order valence-electron chi connectivity index (χ4n) is 2.70. The minimum atomic E-state index is -0.581. The Labute approximate surface area is 173 Å². The average Bonchev–Trinajstić information content (AvgIpc) is 3.08. The van der Waals surface area contributed by atoms with E-state index in [2.05, 4.69) is 10.4 Å². The number of aromatic nitrogens is 2. The second-order valence-corrected chi connectivity index (χ2v) is 6.80. The van der Waals surface area contributed by atoms with Crippen molar-refractivity contribution in [2.45, 2.75) is 13.5 Å². The van der Waals surface area contributed by atoms with Crippen LogP contribution in [0.25, 0.3) is 0 Å². The van der Waals surface area contributed by atoms with Crippen LogP contribution in [0.1, 0.15) is 32.0 Å². The zero-order valence-electron chi connectivity index (χ0n) is 16.2. The molecule has 0 aliphatic rings. The molecule has 0 radical (unpaired) electrons. The van der Waals surface area contributed by atoms with Gasteiger partial charge in [0.25, 0.3) is 5.91 Å². The lowest BCUT2D eigenvalue weighted by molar-refractivity contribution is 0.0589. The third-order valence-corrected chi connectivity index (χ3v) is 4.58. The van der Waals surface area contributed by atoms with Crippen LogP contribution < -0.4 is 10.1 Å². The Morgan fingerprint density at radius 2 is 1.90 bits per heavy atom. The Morgan fingerprint density at radius 1 is 1.17 bits per heavy atom. The van der Waals surface area contributed by atoms with Crippen molar-refractivity contribution < 1.29 is 19.1 Å². The molecule has 0 aliphatic heterocycles. The third kappa shape index (κ3) is 4.75. The monoisotopic (exact) mass is 413 g/mol. The minimum Gasteiger partial charge on any atom is -0.487 e. The van der Waals surface area contributed by atoms with Gasteiger partial charge in [-0.2, -0.15) is 5.10 Å². The zero-order chi connectivity index (χ0) is 21.0. The number of carbonyl (C=O) groups is 2. The van der Waals surface area contributed by atoms with Crippen molar-refractivity contribution in [1.82, 2.24) is 9.78 Å². The van der Waals surface area contributed by atoms with Crippen LogP contribution in [0.3, 0.4) is 0 Å². The topological polar surface area (TPSA) is 82.4 Å². The molecule has 150 valence electrons. The van der Waals surface area contributed by atoms with Crippen molar-refractivity contribution >= 4 is 29.2 Å². The molecule has 0 spiro atoms. The lowest BCUT2D eigenvalue weighted by atomic mass is 10.1. The number of nitrogens with zero attached hydrogens (tertiary/aromatic N) is 2. The molecule has 3 rings (SSSR count). The number of benzene rings is 2. The number of halogens is 1. The molecule has 0 fully saturated rings. The van der Waals surface area contributed by atoms with Crippen molar-refractivity contribution in [2.24, 2.45) is 7.05 Å². The van der Waals surface area contributed by atoms with Crippen LogP contribution in [0.5, 0.6) is 5.75 Å². The Kier molecular flexibility index (Phi) is 6.19.